The van der Waals surface area contributed by atoms with E-state index in [9.17, 15) is 4.79 Å². The van der Waals surface area contributed by atoms with E-state index < -0.39 is 0 Å². The Balaban J connectivity index is 0.00000208. The smallest absolute Gasteiger partial charge is 0.227 e. The summed E-state index contributed by atoms with van der Waals surface area (Å²) >= 11 is 0. The fourth-order valence-corrected chi connectivity index (χ4v) is 2.89. The number of nitrogens with zero attached hydrogens (tertiary/aromatic N) is 4. The number of aromatic nitrogens is 4. The van der Waals surface area contributed by atoms with Crippen LogP contribution < -0.4 is 15.8 Å². The largest absolute Gasteiger partial charge is 0.494 e. The second-order valence-electron chi connectivity index (χ2n) is 5.78. The van der Waals surface area contributed by atoms with E-state index in [0.717, 1.165) is 19.3 Å². The van der Waals surface area contributed by atoms with Crippen molar-refractivity contribution in [3.05, 3.63) is 24.0 Å². The highest BCUT2D eigenvalue weighted by atomic mass is 35.5. The zero-order chi connectivity index (χ0) is 16.4. The quantitative estimate of drug-likeness (QED) is 0.862. The summed E-state index contributed by atoms with van der Waals surface area (Å²) in [6.07, 6.45) is 2.47. The standard InChI is InChI=1S/C15H20N6O2.ClH/c1-9-18-19-20-21(9)13-8-12(5-6-14(13)23-2)17-15(22)10-3-4-11(16)7-10;/h5-6,8,10-11H,3-4,7,16H2,1-2H3,(H,17,22);1H. The minimum atomic E-state index is -0.0228. The van der Waals surface area contributed by atoms with Gasteiger partial charge >= 0.3 is 0 Å². The Bertz CT molecular complexity index is 720. The number of methoxy groups -OCH3 is 1. The Labute approximate surface area is 146 Å². The van der Waals surface area contributed by atoms with Gasteiger partial charge in [0.05, 0.1) is 7.11 Å². The van der Waals surface area contributed by atoms with Gasteiger partial charge in [-0.2, -0.15) is 4.68 Å². The fraction of sp³-hybridized carbons (Fsp3) is 0.467. The van der Waals surface area contributed by atoms with E-state index in [1.165, 1.54) is 0 Å². The van der Waals surface area contributed by atoms with Crippen LogP contribution in [0, 0.1) is 12.8 Å². The lowest BCUT2D eigenvalue weighted by atomic mass is 10.1. The van der Waals surface area contributed by atoms with E-state index in [1.54, 1.807) is 36.9 Å². The Morgan fingerprint density at radius 2 is 2.21 bits per heavy atom. The molecule has 3 rings (SSSR count). The number of anilines is 1. The van der Waals surface area contributed by atoms with Crippen LogP contribution >= 0.6 is 12.4 Å². The summed E-state index contributed by atoms with van der Waals surface area (Å²) in [5, 5.41) is 14.4. The summed E-state index contributed by atoms with van der Waals surface area (Å²) in [6, 6.07) is 5.51. The van der Waals surface area contributed by atoms with E-state index in [2.05, 4.69) is 20.8 Å². The molecule has 1 aromatic carbocycles. The maximum absolute atomic E-state index is 12.3. The highest BCUT2D eigenvalue weighted by Crippen LogP contribution is 2.29. The maximum Gasteiger partial charge on any atom is 0.227 e. The molecule has 2 unspecified atom stereocenters. The van der Waals surface area contributed by atoms with E-state index in [1.807, 2.05) is 0 Å². The Morgan fingerprint density at radius 1 is 1.42 bits per heavy atom. The number of halogens is 1. The number of hydrogen-bond donors (Lipinski definition) is 2. The monoisotopic (exact) mass is 352 g/mol. The number of tetrazole rings is 1. The molecule has 1 aliphatic rings. The normalized spacial score (nSPS) is 19.6. The molecule has 2 atom stereocenters. The Hall–Kier alpha value is -2.19. The summed E-state index contributed by atoms with van der Waals surface area (Å²) in [7, 11) is 1.58. The fourth-order valence-electron chi connectivity index (χ4n) is 2.89. The molecule has 0 aliphatic heterocycles. The summed E-state index contributed by atoms with van der Waals surface area (Å²) in [5.41, 5.74) is 7.24. The molecular weight excluding hydrogens is 332 g/mol. The summed E-state index contributed by atoms with van der Waals surface area (Å²) in [6.45, 7) is 1.80. The van der Waals surface area contributed by atoms with E-state index >= 15 is 0 Å². The zero-order valence-electron chi connectivity index (χ0n) is 13.6. The van der Waals surface area contributed by atoms with Gasteiger partial charge in [-0.3, -0.25) is 4.79 Å². The van der Waals surface area contributed by atoms with Gasteiger partial charge in [-0.25, -0.2) is 0 Å². The average molecular weight is 353 g/mol. The highest BCUT2D eigenvalue weighted by Gasteiger charge is 2.27. The van der Waals surface area contributed by atoms with Gasteiger partial charge in [-0.05, 0) is 54.8 Å². The van der Waals surface area contributed by atoms with Crippen LogP contribution in [0.15, 0.2) is 18.2 Å². The van der Waals surface area contributed by atoms with Gasteiger partial charge in [0.2, 0.25) is 5.91 Å². The molecule has 2 aromatic rings. The van der Waals surface area contributed by atoms with Gasteiger partial charge in [0.1, 0.15) is 11.4 Å². The average Bonchev–Trinajstić information content (AvgIpc) is 3.15. The summed E-state index contributed by atoms with van der Waals surface area (Å²) in [4.78, 5) is 12.3. The number of rotatable bonds is 4. The number of carbonyl (C=O) groups excluding carboxylic acids is 1. The number of nitrogens with one attached hydrogen (secondary N) is 1. The van der Waals surface area contributed by atoms with Gasteiger partial charge in [0.15, 0.2) is 5.82 Å². The van der Waals surface area contributed by atoms with Crippen LogP contribution in [0.5, 0.6) is 5.75 Å². The number of amides is 1. The molecule has 3 N–H and O–H groups in total. The van der Waals surface area contributed by atoms with Crippen LogP contribution in [0.1, 0.15) is 25.1 Å². The van der Waals surface area contributed by atoms with Crippen LogP contribution in [0.2, 0.25) is 0 Å². The van der Waals surface area contributed by atoms with Crippen molar-refractivity contribution in [2.45, 2.75) is 32.2 Å². The second-order valence-corrected chi connectivity index (χ2v) is 5.78. The number of hydrogen-bond acceptors (Lipinski definition) is 6. The molecule has 1 heterocycles. The van der Waals surface area contributed by atoms with Gasteiger partial charge in [0, 0.05) is 17.6 Å². The minimum Gasteiger partial charge on any atom is -0.494 e. The molecule has 1 saturated carbocycles. The topological polar surface area (TPSA) is 108 Å². The minimum absolute atomic E-state index is 0. The van der Waals surface area contributed by atoms with Crippen molar-refractivity contribution in [1.82, 2.24) is 20.2 Å². The first-order chi connectivity index (χ1) is 11.1. The SMILES string of the molecule is COc1ccc(NC(=O)C2CCC(N)C2)cc1-n1nnnc1C.Cl. The van der Waals surface area contributed by atoms with Gasteiger partial charge in [0.25, 0.3) is 0 Å². The molecule has 0 spiro atoms. The molecule has 1 amide bonds. The molecule has 0 radical (unpaired) electrons. The first kappa shape index (κ1) is 18.2. The Morgan fingerprint density at radius 3 is 2.79 bits per heavy atom. The number of aryl methyl sites for hydroxylation is 1. The molecule has 0 saturated heterocycles. The van der Waals surface area contributed by atoms with Gasteiger partial charge in [-0.15, -0.1) is 17.5 Å². The first-order valence-electron chi connectivity index (χ1n) is 7.58. The maximum atomic E-state index is 12.3. The van der Waals surface area contributed by atoms with Gasteiger partial charge in [-0.1, -0.05) is 0 Å². The van der Waals surface area contributed by atoms with Crippen LogP contribution in [-0.2, 0) is 4.79 Å². The third-order valence-corrected chi connectivity index (χ3v) is 4.14. The molecule has 130 valence electrons. The van der Waals surface area contributed by atoms with Crippen molar-refractivity contribution >= 4 is 24.0 Å². The van der Waals surface area contributed by atoms with Crippen LogP contribution in [-0.4, -0.2) is 39.3 Å². The van der Waals surface area contributed by atoms with Crippen molar-refractivity contribution in [3.63, 3.8) is 0 Å². The molecule has 1 aromatic heterocycles. The van der Waals surface area contributed by atoms with E-state index in [-0.39, 0.29) is 30.3 Å². The third kappa shape index (κ3) is 3.65. The highest BCUT2D eigenvalue weighted by molar-refractivity contribution is 5.93. The van der Waals surface area contributed by atoms with E-state index in [0.29, 0.717) is 22.9 Å². The number of carbonyl (C=O) groups is 1. The van der Waals surface area contributed by atoms with Crippen LogP contribution in [0.4, 0.5) is 5.69 Å². The predicted octanol–water partition coefficient (Wildman–Crippen LogP) is 1.47. The predicted molar refractivity (Wildman–Crippen MR) is 91.6 cm³/mol. The van der Waals surface area contributed by atoms with Crippen molar-refractivity contribution in [1.29, 1.82) is 0 Å². The van der Waals surface area contributed by atoms with E-state index in [4.69, 9.17) is 10.5 Å². The van der Waals surface area contributed by atoms with Crippen molar-refractivity contribution < 1.29 is 9.53 Å². The lowest BCUT2D eigenvalue weighted by molar-refractivity contribution is -0.119. The lowest BCUT2D eigenvalue weighted by Gasteiger charge is -2.14. The van der Waals surface area contributed by atoms with Crippen molar-refractivity contribution in [2.24, 2.45) is 11.7 Å². The molecular formula is C15H21ClN6O2. The number of ether oxygens (including phenoxy) is 1. The first-order valence-corrected chi connectivity index (χ1v) is 7.58. The molecule has 9 heteroatoms. The molecule has 24 heavy (non-hydrogen) atoms. The van der Waals surface area contributed by atoms with Crippen molar-refractivity contribution in [3.8, 4) is 11.4 Å². The summed E-state index contributed by atoms with van der Waals surface area (Å²) in [5.74, 6) is 1.24. The third-order valence-electron chi connectivity index (χ3n) is 4.14. The molecule has 1 fully saturated rings. The molecule has 8 nitrogen and oxygen atoms in total. The van der Waals surface area contributed by atoms with Gasteiger partial charge < -0.3 is 15.8 Å². The number of nitrogens with two attached hydrogens (primary N) is 1. The number of benzene rings is 1. The van der Waals surface area contributed by atoms with Crippen LogP contribution in [0.3, 0.4) is 0 Å². The van der Waals surface area contributed by atoms with Crippen LogP contribution in [0.25, 0.3) is 5.69 Å². The van der Waals surface area contributed by atoms with Crippen molar-refractivity contribution in [2.75, 3.05) is 12.4 Å². The lowest BCUT2D eigenvalue weighted by Crippen LogP contribution is -2.23. The Kier molecular flexibility index (Phi) is 5.74. The molecule has 0 bridgehead atoms. The zero-order valence-corrected chi connectivity index (χ0v) is 14.4. The molecule has 1 aliphatic carbocycles. The summed E-state index contributed by atoms with van der Waals surface area (Å²) < 4.78 is 6.92. The second kappa shape index (κ2) is 7.59.